The minimum Gasteiger partial charge on any atom is -0.370 e. The second kappa shape index (κ2) is 5.17. The monoisotopic (exact) mass is 288 g/mol. The Balaban J connectivity index is 1.90. The molecule has 2 nitrogen and oxygen atoms in total. The van der Waals surface area contributed by atoms with Gasteiger partial charge in [-0.3, -0.25) is 0 Å². The molecular weight excluding hydrogens is 275 g/mol. The van der Waals surface area contributed by atoms with E-state index in [0.717, 1.165) is 22.8 Å². The van der Waals surface area contributed by atoms with Crippen LogP contribution in [0.5, 0.6) is 0 Å². The highest BCUT2D eigenvalue weighted by molar-refractivity contribution is 9.10. The molecule has 1 saturated carbocycles. The van der Waals surface area contributed by atoms with Crippen LogP contribution in [-0.4, -0.2) is 11.5 Å². The topological polar surface area (TPSA) is 24.9 Å². The Kier molecular flexibility index (Phi) is 3.87. The molecule has 1 fully saturated rings. The van der Waals surface area contributed by atoms with Gasteiger partial charge in [-0.25, -0.2) is 4.98 Å². The van der Waals surface area contributed by atoms with E-state index in [1.54, 1.807) is 6.20 Å². The summed E-state index contributed by atoms with van der Waals surface area (Å²) >= 11 is 9.31. The van der Waals surface area contributed by atoms with Gasteiger partial charge in [-0.2, -0.15) is 0 Å². The highest BCUT2D eigenvalue weighted by atomic mass is 79.9. The Morgan fingerprint density at radius 1 is 1.47 bits per heavy atom. The third-order valence-corrected chi connectivity index (χ3v) is 4.03. The van der Waals surface area contributed by atoms with E-state index < -0.39 is 0 Å². The first-order chi connectivity index (χ1) is 7.25. The Morgan fingerprint density at radius 3 is 2.87 bits per heavy atom. The quantitative estimate of drug-likeness (QED) is 0.906. The molecule has 1 heterocycles. The fourth-order valence-electron chi connectivity index (χ4n) is 1.97. The van der Waals surface area contributed by atoms with Crippen LogP contribution in [0.3, 0.4) is 0 Å². The van der Waals surface area contributed by atoms with Gasteiger partial charge in [-0.05, 0) is 34.7 Å². The average molecular weight is 290 g/mol. The van der Waals surface area contributed by atoms with Crippen LogP contribution in [0.25, 0.3) is 0 Å². The van der Waals surface area contributed by atoms with Crippen molar-refractivity contribution in [3.8, 4) is 0 Å². The van der Waals surface area contributed by atoms with Gasteiger partial charge in [-0.15, -0.1) is 0 Å². The molecule has 0 bridgehead atoms. The number of rotatable bonds is 3. The van der Waals surface area contributed by atoms with Crippen molar-refractivity contribution in [3.63, 3.8) is 0 Å². The van der Waals surface area contributed by atoms with Crippen molar-refractivity contribution in [1.82, 2.24) is 4.98 Å². The Morgan fingerprint density at radius 2 is 2.20 bits per heavy atom. The number of pyridine rings is 1. The van der Waals surface area contributed by atoms with Crippen molar-refractivity contribution < 1.29 is 0 Å². The number of hydrogen-bond acceptors (Lipinski definition) is 2. The standard InChI is InChI=1S/C11H14BrClN2/c12-9-7-15-11(5-10(9)13)14-6-8-3-1-2-4-8/h5,7-8H,1-4,6H2,(H,14,15). The van der Waals surface area contributed by atoms with Crippen LogP contribution in [0.2, 0.25) is 5.02 Å². The number of nitrogens with zero attached hydrogens (tertiary/aromatic N) is 1. The minimum atomic E-state index is 0.707. The Bertz CT molecular complexity index is 337. The highest BCUT2D eigenvalue weighted by Crippen LogP contribution is 2.26. The van der Waals surface area contributed by atoms with Crippen LogP contribution in [0.15, 0.2) is 16.7 Å². The SMILES string of the molecule is Clc1cc(NCC2CCCC2)ncc1Br. The fraction of sp³-hybridized carbons (Fsp3) is 0.545. The summed E-state index contributed by atoms with van der Waals surface area (Å²) in [6, 6.07) is 1.86. The van der Waals surface area contributed by atoms with Crippen molar-refractivity contribution in [2.24, 2.45) is 5.92 Å². The lowest BCUT2D eigenvalue weighted by atomic mass is 10.1. The maximum atomic E-state index is 5.98. The van der Waals surface area contributed by atoms with E-state index in [0.29, 0.717) is 5.02 Å². The number of aromatic nitrogens is 1. The summed E-state index contributed by atoms with van der Waals surface area (Å²) in [7, 11) is 0. The normalized spacial score (nSPS) is 16.9. The summed E-state index contributed by atoms with van der Waals surface area (Å²) in [4.78, 5) is 4.26. The zero-order chi connectivity index (χ0) is 10.7. The zero-order valence-corrected chi connectivity index (χ0v) is 10.8. The van der Waals surface area contributed by atoms with E-state index in [1.165, 1.54) is 25.7 Å². The van der Waals surface area contributed by atoms with Crippen molar-refractivity contribution in [2.75, 3.05) is 11.9 Å². The van der Waals surface area contributed by atoms with Gasteiger partial charge in [0.15, 0.2) is 0 Å². The van der Waals surface area contributed by atoms with Crippen molar-refractivity contribution in [3.05, 3.63) is 21.8 Å². The van der Waals surface area contributed by atoms with Crippen LogP contribution in [0.4, 0.5) is 5.82 Å². The summed E-state index contributed by atoms with van der Waals surface area (Å²) in [5.41, 5.74) is 0. The summed E-state index contributed by atoms with van der Waals surface area (Å²) in [6.45, 7) is 1.02. The van der Waals surface area contributed by atoms with Gasteiger partial charge in [0.25, 0.3) is 0 Å². The lowest BCUT2D eigenvalue weighted by Crippen LogP contribution is -2.11. The first-order valence-corrected chi connectivity index (χ1v) is 6.48. The van der Waals surface area contributed by atoms with Gasteiger partial charge >= 0.3 is 0 Å². The molecular formula is C11H14BrClN2. The average Bonchev–Trinajstić information content (AvgIpc) is 2.73. The number of halogens is 2. The van der Waals surface area contributed by atoms with Gasteiger partial charge < -0.3 is 5.32 Å². The maximum Gasteiger partial charge on any atom is 0.127 e. The smallest absolute Gasteiger partial charge is 0.127 e. The molecule has 15 heavy (non-hydrogen) atoms. The van der Waals surface area contributed by atoms with Crippen LogP contribution in [0, 0.1) is 5.92 Å². The lowest BCUT2D eigenvalue weighted by Gasteiger charge is -2.11. The molecule has 4 heteroatoms. The second-order valence-corrected chi connectivity index (χ2v) is 5.28. The van der Waals surface area contributed by atoms with Gasteiger partial charge in [0.1, 0.15) is 5.82 Å². The van der Waals surface area contributed by atoms with E-state index in [2.05, 4.69) is 26.2 Å². The van der Waals surface area contributed by atoms with Crippen LogP contribution in [0.1, 0.15) is 25.7 Å². The predicted molar refractivity (Wildman–Crippen MR) is 67.4 cm³/mol. The zero-order valence-electron chi connectivity index (χ0n) is 8.47. The molecule has 0 unspecified atom stereocenters. The molecule has 0 aromatic carbocycles. The van der Waals surface area contributed by atoms with E-state index in [9.17, 15) is 0 Å². The number of hydrogen-bond donors (Lipinski definition) is 1. The summed E-state index contributed by atoms with van der Waals surface area (Å²) < 4.78 is 0.843. The molecule has 82 valence electrons. The van der Waals surface area contributed by atoms with Crippen LogP contribution in [-0.2, 0) is 0 Å². The minimum absolute atomic E-state index is 0.707. The third kappa shape index (κ3) is 3.08. The van der Waals surface area contributed by atoms with Crippen molar-refractivity contribution in [2.45, 2.75) is 25.7 Å². The molecule has 1 aromatic rings. The van der Waals surface area contributed by atoms with E-state index in [-0.39, 0.29) is 0 Å². The summed E-state index contributed by atoms with van der Waals surface area (Å²) in [5.74, 6) is 1.68. The van der Waals surface area contributed by atoms with E-state index >= 15 is 0 Å². The molecule has 0 saturated heterocycles. The molecule has 1 aliphatic rings. The molecule has 1 aromatic heterocycles. The highest BCUT2D eigenvalue weighted by Gasteiger charge is 2.14. The number of anilines is 1. The first-order valence-electron chi connectivity index (χ1n) is 5.30. The predicted octanol–water partition coefficient (Wildman–Crippen LogP) is 4.10. The molecule has 0 atom stereocenters. The molecule has 0 spiro atoms. The third-order valence-electron chi connectivity index (χ3n) is 2.86. The fourth-order valence-corrected chi connectivity index (χ4v) is 2.34. The largest absolute Gasteiger partial charge is 0.370 e. The Hall–Kier alpha value is -0.280. The van der Waals surface area contributed by atoms with Gasteiger partial charge in [0.2, 0.25) is 0 Å². The van der Waals surface area contributed by atoms with Crippen LogP contribution >= 0.6 is 27.5 Å². The lowest BCUT2D eigenvalue weighted by molar-refractivity contribution is 0.579. The summed E-state index contributed by atoms with van der Waals surface area (Å²) in [6.07, 6.45) is 7.18. The van der Waals surface area contributed by atoms with Gasteiger partial charge in [0, 0.05) is 18.8 Å². The van der Waals surface area contributed by atoms with Crippen LogP contribution < -0.4 is 5.32 Å². The second-order valence-electron chi connectivity index (χ2n) is 4.02. The maximum absolute atomic E-state index is 5.98. The van der Waals surface area contributed by atoms with Gasteiger partial charge in [-0.1, -0.05) is 24.4 Å². The Labute approximate surface area is 104 Å². The molecule has 0 radical (unpaired) electrons. The molecule has 1 N–H and O–H groups in total. The summed E-state index contributed by atoms with van der Waals surface area (Å²) in [5, 5.41) is 4.05. The van der Waals surface area contributed by atoms with Crippen molar-refractivity contribution >= 4 is 33.3 Å². The van der Waals surface area contributed by atoms with Crippen molar-refractivity contribution in [1.29, 1.82) is 0 Å². The molecule has 0 aliphatic heterocycles. The van der Waals surface area contributed by atoms with E-state index in [4.69, 9.17) is 11.6 Å². The molecule has 0 amide bonds. The van der Waals surface area contributed by atoms with E-state index in [1.807, 2.05) is 6.07 Å². The molecule has 2 rings (SSSR count). The molecule has 1 aliphatic carbocycles. The number of nitrogens with one attached hydrogen (secondary N) is 1. The first kappa shape index (κ1) is 11.2. The van der Waals surface area contributed by atoms with Gasteiger partial charge in [0.05, 0.1) is 9.50 Å².